The number of halogens is 1. The van der Waals surface area contributed by atoms with E-state index < -0.39 is 18.1 Å². The molecule has 0 atom stereocenters. The summed E-state index contributed by atoms with van der Waals surface area (Å²) in [5.74, 6) is -1.12. The van der Waals surface area contributed by atoms with E-state index in [2.05, 4.69) is 10.2 Å². The van der Waals surface area contributed by atoms with Crippen LogP contribution in [0.2, 0.25) is 5.02 Å². The third kappa shape index (κ3) is 3.87. The predicted octanol–water partition coefficient (Wildman–Crippen LogP) is 4.02. The molecule has 0 aliphatic carbocycles. The fourth-order valence-corrected chi connectivity index (χ4v) is 3.71. The molecule has 7 nitrogen and oxygen atoms in total. The summed E-state index contributed by atoms with van der Waals surface area (Å²) in [4.78, 5) is 37.2. The highest BCUT2D eigenvalue weighted by Gasteiger charge is 2.20. The summed E-state index contributed by atoms with van der Waals surface area (Å²) in [6, 6.07) is 15.6. The monoisotopic (exact) mass is 435 g/mol. The maximum Gasteiger partial charge on any atom is 0.359 e. The van der Waals surface area contributed by atoms with Crippen molar-refractivity contribution in [2.75, 3.05) is 6.61 Å². The summed E-state index contributed by atoms with van der Waals surface area (Å²) in [7, 11) is 0. The van der Waals surface area contributed by atoms with Crippen molar-refractivity contribution < 1.29 is 14.3 Å². The Hall–Kier alpha value is -3.71. The van der Waals surface area contributed by atoms with Crippen molar-refractivity contribution in [3.8, 4) is 5.69 Å². The molecule has 0 bridgehead atoms. The van der Waals surface area contributed by atoms with Crippen molar-refractivity contribution in [1.29, 1.82) is 0 Å². The summed E-state index contributed by atoms with van der Waals surface area (Å²) in [6.45, 7) is 3.27. The van der Waals surface area contributed by atoms with E-state index in [0.717, 1.165) is 17.1 Å². The average Bonchev–Trinajstić information content (AvgIpc) is 3.07. The number of nitrogens with zero attached hydrogens (tertiary/aromatic N) is 2. The van der Waals surface area contributed by atoms with E-state index in [1.807, 2.05) is 30.5 Å². The van der Waals surface area contributed by atoms with Gasteiger partial charge in [-0.2, -0.15) is 5.10 Å². The van der Waals surface area contributed by atoms with Gasteiger partial charge in [0, 0.05) is 33.0 Å². The fraction of sp³-hybridized carbons (Fsp3) is 0.130. The van der Waals surface area contributed by atoms with Gasteiger partial charge >= 0.3 is 5.97 Å². The lowest BCUT2D eigenvalue weighted by Gasteiger charge is -2.10. The van der Waals surface area contributed by atoms with Crippen LogP contribution in [-0.2, 0) is 4.74 Å². The summed E-state index contributed by atoms with van der Waals surface area (Å²) in [5, 5.41) is 7.39. The van der Waals surface area contributed by atoms with Crippen LogP contribution in [0.3, 0.4) is 0 Å². The average molecular weight is 436 g/mol. The summed E-state index contributed by atoms with van der Waals surface area (Å²) >= 11 is 5.96. The van der Waals surface area contributed by atoms with E-state index in [0.29, 0.717) is 21.4 Å². The Morgan fingerprint density at radius 1 is 1.06 bits per heavy atom. The lowest BCUT2D eigenvalue weighted by atomic mass is 10.1. The molecule has 8 heteroatoms. The van der Waals surface area contributed by atoms with Gasteiger partial charge in [0.15, 0.2) is 12.3 Å². The zero-order valence-corrected chi connectivity index (χ0v) is 17.6. The number of nitrogens with one attached hydrogen (secondary N) is 1. The molecule has 0 fully saturated rings. The zero-order valence-electron chi connectivity index (χ0n) is 16.8. The highest BCUT2D eigenvalue weighted by atomic mass is 35.5. The number of carbonyl (C=O) groups is 2. The molecule has 0 spiro atoms. The van der Waals surface area contributed by atoms with Gasteiger partial charge in [-0.1, -0.05) is 29.8 Å². The standard InChI is InChI=1S/C23H18ClN3O4/c1-13-11-19(14(2)27(13)16-9-7-15(24)8-10-16)20(28)12-31-23(30)21-17-5-3-4-6-18(17)22(29)26-25-21/h3-11H,12H2,1-2H3,(H,26,29). The van der Waals surface area contributed by atoms with Crippen LogP contribution < -0.4 is 5.56 Å². The van der Waals surface area contributed by atoms with Crippen molar-refractivity contribution in [1.82, 2.24) is 14.8 Å². The van der Waals surface area contributed by atoms with Gasteiger partial charge in [-0.3, -0.25) is 9.59 Å². The molecule has 0 saturated carbocycles. The summed E-state index contributed by atoms with van der Waals surface area (Å²) in [5.41, 5.74) is 2.47. The van der Waals surface area contributed by atoms with E-state index in [-0.39, 0.29) is 11.5 Å². The largest absolute Gasteiger partial charge is 0.452 e. The van der Waals surface area contributed by atoms with Crippen molar-refractivity contribution in [2.24, 2.45) is 0 Å². The number of hydrogen-bond donors (Lipinski definition) is 1. The molecule has 2 heterocycles. The Morgan fingerprint density at radius 2 is 1.74 bits per heavy atom. The number of rotatable bonds is 5. The SMILES string of the molecule is Cc1cc(C(=O)COC(=O)c2n[nH]c(=O)c3ccccc23)c(C)n1-c1ccc(Cl)cc1. The number of hydrogen-bond acceptors (Lipinski definition) is 5. The quantitative estimate of drug-likeness (QED) is 0.377. The minimum absolute atomic E-state index is 0.0466. The molecular weight excluding hydrogens is 418 g/mol. The van der Waals surface area contributed by atoms with Gasteiger partial charge in [0.1, 0.15) is 0 Å². The highest BCUT2D eigenvalue weighted by Crippen LogP contribution is 2.23. The van der Waals surface area contributed by atoms with Crippen LogP contribution in [0.5, 0.6) is 0 Å². The Balaban J connectivity index is 1.56. The van der Waals surface area contributed by atoms with Crippen LogP contribution in [-0.4, -0.2) is 33.1 Å². The number of ether oxygens (including phenoxy) is 1. The van der Waals surface area contributed by atoms with Gasteiger partial charge in [0.05, 0.1) is 5.39 Å². The molecule has 0 aliphatic rings. The van der Waals surface area contributed by atoms with E-state index in [1.165, 1.54) is 0 Å². The first-order chi connectivity index (χ1) is 14.9. The first-order valence-electron chi connectivity index (χ1n) is 9.49. The number of H-pyrrole nitrogens is 1. The van der Waals surface area contributed by atoms with Crippen LogP contribution >= 0.6 is 11.6 Å². The molecule has 0 aliphatic heterocycles. The summed E-state index contributed by atoms with van der Waals surface area (Å²) < 4.78 is 7.15. The maximum atomic E-state index is 12.8. The number of aryl methyl sites for hydroxylation is 1. The Labute approximate surface area is 182 Å². The molecule has 4 rings (SSSR count). The Kier molecular flexibility index (Phi) is 5.44. The molecule has 4 aromatic rings. The number of benzene rings is 2. The van der Waals surface area contributed by atoms with Crippen molar-refractivity contribution >= 4 is 34.1 Å². The minimum atomic E-state index is -0.785. The number of carbonyl (C=O) groups excluding carboxylic acids is 2. The fourth-order valence-electron chi connectivity index (χ4n) is 3.58. The molecular formula is C23H18ClN3O4. The third-order valence-corrected chi connectivity index (χ3v) is 5.29. The topological polar surface area (TPSA) is 94.1 Å². The second-order valence-corrected chi connectivity index (χ2v) is 7.48. The normalized spacial score (nSPS) is 10.9. The van der Waals surface area contributed by atoms with Gasteiger partial charge in [0.25, 0.3) is 5.56 Å². The van der Waals surface area contributed by atoms with Gasteiger partial charge in [-0.05, 0) is 50.2 Å². The smallest absolute Gasteiger partial charge is 0.359 e. The molecule has 31 heavy (non-hydrogen) atoms. The lowest BCUT2D eigenvalue weighted by Crippen LogP contribution is -2.19. The van der Waals surface area contributed by atoms with Gasteiger partial charge < -0.3 is 9.30 Å². The van der Waals surface area contributed by atoms with E-state index in [9.17, 15) is 14.4 Å². The van der Waals surface area contributed by atoms with Gasteiger partial charge in [-0.15, -0.1) is 0 Å². The number of aromatic amines is 1. The molecule has 0 saturated heterocycles. The first-order valence-corrected chi connectivity index (χ1v) is 9.87. The third-order valence-electron chi connectivity index (χ3n) is 5.04. The van der Waals surface area contributed by atoms with Crippen LogP contribution in [0.15, 0.2) is 59.4 Å². The first kappa shape index (κ1) is 20.6. The van der Waals surface area contributed by atoms with E-state index in [1.54, 1.807) is 42.5 Å². The van der Waals surface area contributed by atoms with E-state index >= 15 is 0 Å². The van der Waals surface area contributed by atoms with Gasteiger partial charge in [0.2, 0.25) is 5.78 Å². The molecule has 156 valence electrons. The number of fused-ring (bicyclic) bond motifs is 1. The van der Waals surface area contributed by atoms with Crippen molar-refractivity contribution in [3.05, 3.63) is 92.6 Å². The number of aromatic nitrogens is 3. The molecule has 2 aromatic carbocycles. The van der Waals surface area contributed by atoms with Crippen molar-refractivity contribution in [3.63, 3.8) is 0 Å². The van der Waals surface area contributed by atoms with Crippen LogP contribution in [0.4, 0.5) is 0 Å². The second-order valence-electron chi connectivity index (χ2n) is 7.04. The van der Waals surface area contributed by atoms with Gasteiger partial charge in [-0.25, -0.2) is 9.89 Å². The van der Waals surface area contributed by atoms with E-state index in [4.69, 9.17) is 16.3 Å². The molecule has 0 amide bonds. The second kappa shape index (κ2) is 8.20. The Bertz CT molecular complexity index is 1370. The predicted molar refractivity (Wildman–Crippen MR) is 117 cm³/mol. The number of Topliss-reactive ketones (excluding diaryl/α,β-unsaturated/α-hetero) is 1. The molecule has 0 radical (unpaired) electrons. The lowest BCUT2D eigenvalue weighted by molar-refractivity contribution is 0.0469. The molecule has 0 unspecified atom stereocenters. The zero-order chi connectivity index (χ0) is 22.1. The van der Waals surface area contributed by atoms with Crippen LogP contribution in [0, 0.1) is 13.8 Å². The molecule has 2 aromatic heterocycles. The van der Waals surface area contributed by atoms with Crippen LogP contribution in [0.25, 0.3) is 16.5 Å². The highest BCUT2D eigenvalue weighted by molar-refractivity contribution is 6.30. The molecule has 1 N–H and O–H groups in total. The van der Waals surface area contributed by atoms with Crippen LogP contribution in [0.1, 0.15) is 32.2 Å². The minimum Gasteiger partial charge on any atom is -0.452 e. The number of ketones is 1. The Morgan fingerprint density at radius 3 is 2.45 bits per heavy atom. The number of esters is 1. The maximum absolute atomic E-state index is 12.8. The summed E-state index contributed by atoms with van der Waals surface area (Å²) in [6.07, 6.45) is 0. The van der Waals surface area contributed by atoms with Crippen molar-refractivity contribution in [2.45, 2.75) is 13.8 Å².